The molecule has 18 heavy (non-hydrogen) atoms. The molecule has 2 heterocycles. The van der Waals surface area contributed by atoms with E-state index in [1.807, 2.05) is 0 Å². The van der Waals surface area contributed by atoms with E-state index in [-0.39, 0.29) is 0 Å². The summed E-state index contributed by atoms with van der Waals surface area (Å²) in [5.41, 5.74) is 0. The van der Waals surface area contributed by atoms with Gasteiger partial charge in [0.1, 0.15) is 0 Å². The minimum absolute atomic E-state index is 0.327. The zero-order chi connectivity index (χ0) is 13.0. The van der Waals surface area contributed by atoms with Crippen LogP contribution in [0.15, 0.2) is 12.4 Å². The Kier molecular flexibility index (Phi) is 4.36. The number of morpholine rings is 1. The molecule has 0 amide bonds. The fraction of sp³-hybridized carbons (Fsp3) is 0.692. The van der Waals surface area contributed by atoms with Gasteiger partial charge < -0.3 is 14.4 Å². The molecule has 1 saturated heterocycles. The molecule has 1 atom stereocenters. The van der Waals surface area contributed by atoms with Crippen molar-refractivity contribution in [3.8, 4) is 5.88 Å². The smallest absolute Gasteiger partial charge is 0.234 e. The lowest BCUT2D eigenvalue weighted by Gasteiger charge is -2.34. The highest BCUT2D eigenvalue weighted by Gasteiger charge is 2.20. The van der Waals surface area contributed by atoms with E-state index in [4.69, 9.17) is 9.47 Å². The normalized spacial score (nSPS) is 20.2. The van der Waals surface area contributed by atoms with Crippen molar-refractivity contribution in [3.63, 3.8) is 0 Å². The third kappa shape index (κ3) is 3.32. The summed E-state index contributed by atoms with van der Waals surface area (Å²) < 4.78 is 11.0. The monoisotopic (exact) mass is 251 g/mol. The molecule has 1 aromatic heterocycles. The fourth-order valence-corrected chi connectivity index (χ4v) is 1.87. The van der Waals surface area contributed by atoms with E-state index in [0.29, 0.717) is 24.4 Å². The first-order valence-electron chi connectivity index (χ1n) is 6.46. The van der Waals surface area contributed by atoms with Crippen LogP contribution in [0.25, 0.3) is 0 Å². The van der Waals surface area contributed by atoms with Crippen LogP contribution in [0, 0.1) is 5.92 Å². The fourth-order valence-electron chi connectivity index (χ4n) is 1.87. The van der Waals surface area contributed by atoms with Crippen molar-refractivity contribution in [2.45, 2.75) is 26.8 Å². The lowest BCUT2D eigenvalue weighted by atomic mass is 10.2. The SMILES string of the molecule is CC(C)COc1cncc(N2CCOCC2C)n1. The zero-order valence-electron chi connectivity index (χ0n) is 11.3. The van der Waals surface area contributed by atoms with Gasteiger partial charge in [0.2, 0.25) is 5.88 Å². The Hall–Kier alpha value is -1.36. The van der Waals surface area contributed by atoms with Crippen molar-refractivity contribution >= 4 is 5.82 Å². The number of anilines is 1. The average Bonchev–Trinajstić information content (AvgIpc) is 2.37. The topological polar surface area (TPSA) is 47.5 Å². The molecule has 0 aromatic carbocycles. The molecule has 0 spiro atoms. The van der Waals surface area contributed by atoms with Gasteiger partial charge in [-0.3, -0.25) is 4.98 Å². The molecule has 1 aromatic rings. The third-order valence-corrected chi connectivity index (χ3v) is 2.83. The lowest BCUT2D eigenvalue weighted by Crippen LogP contribution is -2.44. The second-order valence-electron chi connectivity index (χ2n) is 5.04. The molecule has 2 rings (SSSR count). The van der Waals surface area contributed by atoms with Crippen LogP contribution in [-0.2, 0) is 4.74 Å². The highest BCUT2D eigenvalue weighted by molar-refractivity contribution is 5.39. The Morgan fingerprint density at radius 2 is 2.33 bits per heavy atom. The zero-order valence-corrected chi connectivity index (χ0v) is 11.3. The van der Waals surface area contributed by atoms with Gasteiger partial charge in [0.05, 0.1) is 38.3 Å². The second kappa shape index (κ2) is 6.00. The number of hydrogen-bond donors (Lipinski definition) is 0. The van der Waals surface area contributed by atoms with Crippen molar-refractivity contribution in [2.75, 3.05) is 31.3 Å². The van der Waals surface area contributed by atoms with Gasteiger partial charge in [-0.2, -0.15) is 4.98 Å². The third-order valence-electron chi connectivity index (χ3n) is 2.83. The quantitative estimate of drug-likeness (QED) is 0.815. The maximum absolute atomic E-state index is 5.60. The Morgan fingerprint density at radius 3 is 3.06 bits per heavy atom. The Bertz CT molecular complexity index is 384. The maximum atomic E-state index is 5.60. The van der Waals surface area contributed by atoms with E-state index in [1.165, 1.54) is 0 Å². The molecule has 0 aliphatic carbocycles. The Morgan fingerprint density at radius 1 is 1.50 bits per heavy atom. The van der Waals surface area contributed by atoms with E-state index in [2.05, 4.69) is 35.6 Å². The van der Waals surface area contributed by atoms with Crippen LogP contribution in [0.2, 0.25) is 0 Å². The number of ether oxygens (including phenoxy) is 2. The first-order valence-corrected chi connectivity index (χ1v) is 6.46. The van der Waals surface area contributed by atoms with Crippen LogP contribution < -0.4 is 9.64 Å². The summed E-state index contributed by atoms with van der Waals surface area (Å²) in [7, 11) is 0. The molecule has 5 heteroatoms. The molecular weight excluding hydrogens is 230 g/mol. The summed E-state index contributed by atoms with van der Waals surface area (Å²) in [5.74, 6) is 1.95. The highest BCUT2D eigenvalue weighted by atomic mass is 16.5. The predicted molar refractivity (Wildman–Crippen MR) is 70.0 cm³/mol. The number of rotatable bonds is 4. The summed E-state index contributed by atoms with van der Waals surface area (Å²) in [4.78, 5) is 10.9. The Balaban J connectivity index is 2.06. The van der Waals surface area contributed by atoms with E-state index in [1.54, 1.807) is 12.4 Å². The largest absolute Gasteiger partial charge is 0.476 e. The van der Waals surface area contributed by atoms with Crippen LogP contribution in [0.1, 0.15) is 20.8 Å². The van der Waals surface area contributed by atoms with E-state index >= 15 is 0 Å². The molecule has 1 aliphatic rings. The summed E-state index contributed by atoms with van der Waals surface area (Å²) in [5, 5.41) is 0. The van der Waals surface area contributed by atoms with Gasteiger partial charge in [0, 0.05) is 6.54 Å². The lowest BCUT2D eigenvalue weighted by molar-refractivity contribution is 0.0984. The molecule has 100 valence electrons. The average molecular weight is 251 g/mol. The van der Waals surface area contributed by atoms with Gasteiger partial charge in [0.15, 0.2) is 5.82 Å². The minimum Gasteiger partial charge on any atom is -0.476 e. The summed E-state index contributed by atoms with van der Waals surface area (Å²) in [6, 6.07) is 0.327. The van der Waals surface area contributed by atoms with E-state index in [0.717, 1.165) is 25.6 Å². The molecule has 1 aliphatic heterocycles. The highest BCUT2D eigenvalue weighted by Crippen LogP contribution is 2.18. The molecule has 0 bridgehead atoms. The van der Waals surface area contributed by atoms with Crippen molar-refractivity contribution in [2.24, 2.45) is 5.92 Å². The molecule has 0 saturated carbocycles. The van der Waals surface area contributed by atoms with Crippen LogP contribution >= 0.6 is 0 Å². The molecule has 0 N–H and O–H groups in total. The van der Waals surface area contributed by atoms with Gasteiger partial charge in [-0.1, -0.05) is 13.8 Å². The first kappa shape index (κ1) is 13.1. The van der Waals surface area contributed by atoms with Crippen LogP contribution in [-0.4, -0.2) is 42.4 Å². The molecular formula is C13H21N3O2. The molecule has 0 radical (unpaired) electrons. The van der Waals surface area contributed by atoms with Crippen LogP contribution in [0.3, 0.4) is 0 Å². The van der Waals surface area contributed by atoms with Crippen molar-refractivity contribution < 1.29 is 9.47 Å². The minimum atomic E-state index is 0.327. The van der Waals surface area contributed by atoms with Crippen LogP contribution in [0.5, 0.6) is 5.88 Å². The van der Waals surface area contributed by atoms with Gasteiger partial charge in [-0.15, -0.1) is 0 Å². The summed E-state index contributed by atoms with van der Waals surface area (Å²) >= 11 is 0. The molecule has 1 unspecified atom stereocenters. The first-order chi connectivity index (χ1) is 8.66. The van der Waals surface area contributed by atoms with Gasteiger partial charge >= 0.3 is 0 Å². The molecule has 5 nitrogen and oxygen atoms in total. The van der Waals surface area contributed by atoms with Gasteiger partial charge in [0.25, 0.3) is 0 Å². The van der Waals surface area contributed by atoms with Crippen molar-refractivity contribution in [1.82, 2.24) is 9.97 Å². The summed E-state index contributed by atoms with van der Waals surface area (Å²) in [6.07, 6.45) is 3.45. The van der Waals surface area contributed by atoms with Crippen molar-refractivity contribution in [1.29, 1.82) is 0 Å². The van der Waals surface area contributed by atoms with Crippen molar-refractivity contribution in [3.05, 3.63) is 12.4 Å². The Labute approximate surface area is 108 Å². The van der Waals surface area contributed by atoms with Crippen LogP contribution in [0.4, 0.5) is 5.82 Å². The van der Waals surface area contributed by atoms with Gasteiger partial charge in [-0.05, 0) is 12.8 Å². The second-order valence-corrected chi connectivity index (χ2v) is 5.04. The molecule has 1 fully saturated rings. The standard InChI is InChI=1S/C13H21N3O2/c1-10(2)8-18-13-7-14-6-12(15-13)16-4-5-17-9-11(16)3/h6-7,10-11H,4-5,8-9H2,1-3H3. The predicted octanol–water partition coefficient (Wildman–Crippen LogP) is 1.74. The number of aromatic nitrogens is 2. The maximum Gasteiger partial charge on any atom is 0.234 e. The van der Waals surface area contributed by atoms with E-state index in [9.17, 15) is 0 Å². The van der Waals surface area contributed by atoms with Gasteiger partial charge in [-0.25, -0.2) is 0 Å². The summed E-state index contributed by atoms with van der Waals surface area (Å²) in [6.45, 7) is 9.34. The number of nitrogens with zero attached hydrogens (tertiary/aromatic N) is 3. The number of hydrogen-bond acceptors (Lipinski definition) is 5. The van der Waals surface area contributed by atoms with E-state index < -0.39 is 0 Å².